The molecule has 0 spiro atoms. The largest absolute Gasteiger partial charge is 0.472 e. The summed E-state index contributed by atoms with van der Waals surface area (Å²) in [5.74, 6) is -4.30. The number of fused-ring (bicyclic) bond motifs is 1. The van der Waals surface area contributed by atoms with Crippen LogP contribution in [0.5, 0.6) is 0 Å². The summed E-state index contributed by atoms with van der Waals surface area (Å²) in [6, 6.07) is 1.64. The maximum Gasteiger partial charge on any atom is 0.331 e. The summed E-state index contributed by atoms with van der Waals surface area (Å²) in [6.45, 7) is 8.67. The standard InChI is InChI=1S/C30H36O10/c1-7-21(31)39-27(18-14-28(3,4)19(12-22(32)37-6)16(2)24(18)34)30(36)10-9-29(5)20(25(30)35)13-23(33)40-26(29)17-8-11-38-15-17/h8,11,13-16,19,26-27,36H,7,9-10,12H2,1-6H3/t16-,19-,26+,27-,29-,30-/m1/s1. The maximum atomic E-state index is 14.2. The van der Waals surface area contributed by atoms with Crippen LogP contribution in [0, 0.1) is 22.7 Å². The minimum absolute atomic E-state index is 0.00838. The quantitative estimate of drug-likeness (QED) is 0.390. The van der Waals surface area contributed by atoms with Crippen LogP contribution in [-0.2, 0) is 38.2 Å². The van der Waals surface area contributed by atoms with E-state index in [1.807, 2.05) is 13.8 Å². The fraction of sp³-hybridized carbons (Fsp3) is 0.567. The highest BCUT2D eigenvalue weighted by Crippen LogP contribution is 2.56. The van der Waals surface area contributed by atoms with Gasteiger partial charge in [-0.1, -0.05) is 40.7 Å². The summed E-state index contributed by atoms with van der Waals surface area (Å²) >= 11 is 0. The molecule has 1 aromatic rings. The van der Waals surface area contributed by atoms with Gasteiger partial charge in [-0.3, -0.25) is 19.2 Å². The summed E-state index contributed by atoms with van der Waals surface area (Å²) in [5.41, 5.74) is -3.49. The van der Waals surface area contributed by atoms with E-state index in [1.165, 1.54) is 19.6 Å². The summed E-state index contributed by atoms with van der Waals surface area (Å²) in [5, 5.41) is 12.1. The van der Waals surface area contributed by atoms with Crippen LogP contribution in [-0.4, -0.2) is 53.4 Å². The topological polar surface area (TPSA) is 146 Å². The lowest BCUT2D eigenvalue weighted by Gasteiger charge is -2.50. The van der Waals surface area contributed by atoms with Gasteiger partial charge in [0.2, 0.25) is 0 Å². The molecule has 0 saturated heterocycles. The van der Waals surface area contributed by atoms with Crippen molar-refractivity contribution in [3.8, 4) is 0 Å². The number of hydrogen-bond donors (Lipinski definition) is 1. The minimum atomic E-state index is -2.32. The smallest absolute Gasteiger partial charge is 0.331 e. The number of esters is 3. The van der Waals surface area contributed by atoms with Gasteiger partial charge in [-0.05, 0) is 30.2 Å². The predicted octanol–water partition coefficient (Wildman–Crippen LogP) is 3.58. The number of ether oxygens (including phenoxy) is 3. The van der Waals surface area contributed by atoms with Gasteiger partial charge in [-0.25, -0.2) is 4.79 Å². The third-order valence-electron chi connectivity index (χ3n) is 8.85. The highest BCUT2D eigenvalue weighted by Gasteiger charge is 2.61. The Morgan fingerprint density at radius 2 is 1.85 bits per heavy atom. The number of hydrogen-bond acceptors (Lipinski definition) is 10. The number of methoxy groups -OCH3 is 1. The number of ketones is 2. The molecule has 216 valence electrons. The number of carbonyl (C=O) groups is 5. The molecule has 1 fully saturated rings. The van der Waals surface area contributed by atoms with Gasteiger partial charge in [0.25, 0.3) is 0 Å². The number of carbonyl (C=O) groups excluding carboxylic acids is 5. The zero-order valence-corrected chi connectivity index (χ0v) is 23.6. The van der Waals surface area contributed by atoms with E-state index in [4.69, 9.17) is 18.6 Å². The van der Waals surface area contributed by atoms with Crippen molar-refractivity contribution in [3.05, 3.63) is 47.5 Å². The maximum absolute atomic E-state index is 14.2. The summed E-state index contributed by atoms with van der Waals surface area (Å²) in [4.78, 5) is 65.2. The molecule has 40 heavy (non-hydrogen) atoms. The van der Waals surface area contributed by atoms with Gasteiger partial charge in [0.1, 0.15) is 6.10 Å². The van der Waals surface area contributed by atoms with Crippen molar-refractivity contribution in [2.75, 3.05) is 7.11 Å². The van der Waals surface area contributed by atoms with Crippen LogP contribution in [0.15, 0.2) is 46.3 Å². The second kappa shape index (κ2) is 10.5. The molecule has 4 rings (SSSR count). The SMILES string of the molecule is CCC(=O)O[C@H](C1=CC(C)(C)[C@H](CC(=O)OC)[C@@H](C)C1=O)[C@@]1(O)CC[C@]2(C)C(=CC(=O)O[C@H]2c2ccoc2)C1=O. The lowest BCUT2D eigenvalue weighted by atomic mass is 9.57. The second-order valence-electron chi connectivity index (χ2n) is 11.8. The third kappa shape index (κ3) is 4.82. The van der Waals surface area contributed by atoms with Crippen molar-refractivity contribution in [2.24, 2.45) is 22.7 Å². The van der Waals surface area contributed by atoms with Gasteiger partial charge in [0, 0.05) is 47.0 Å². The molecule has 1 aliphatic heterocycles. The van der Waals surface area contributed by atoms with Gasteiger partial charge in [-0.15, -0.1) is 0 Å². The Bertz CT molecular complexity index is 1290. The van der Waals surface area contributed by atoms with Crippen LogP contribution in [0.2, 0.25) is 0 Å². The Balaban J connectivity index is 1.79. The van der Waals surface area contributed by atoms with E-state index < -0.39 is 69.9 Å². The molecule has 1 N–H and O–H groups in total. The Morgan fingerprint density at radius 3 is 2.45 bits per heavy atom. The van der Waals surface area contributed by atoms with Gasteiger partial charge in [-0.2, -0.15) is 0 Å². The van der Waals surface area contributed by atoms with Gasteiger partial charge in [0.15, 0.2) is 23.3 Å². The van der Waals surface area contributed by atoms with Crippen molar-refractivity contribution < 1.29 is 47.7 Å². The molecular weight excluding hydrogens is 520 g/mol. The average molecular weight is 557 g/mol. The van der Waals surface area contributed by atoms with Crippen LogP contribution in [0.25, 0.3) is 0 Å². The molecule has 0 amide bonds. The fourth-order valence-electron chi connectivity index (χ4n) is 6.41. The molecule has 2 heterocycles. The molecule has 0 bridgehead atoms. The van der Waals surface area contributed by atoms with E-state index in [2.05, 4.69) is 0 Å². The zero-order valence-electron chi connectivity index (χ0n) is 23.6. The van der Waals surface area contributed by atoms with Crippen LogP contribution < -0.4 is 0 Å². The monoisotopic (exact) mass is 556 g/mol. The first kappa shape index (κ1) is 29.5. The predicted molar refractivity (Wildman–Crippen MR) is 139 cm³/mol. The molecular formula is C30H36O10. The molecule has 3 aliphatic rings. The number of furan rings is 1. The van der Waals surface area contributed by atoms with Crippen molar-refractivity contribution in [2.45, 2.75) is 78.1 Å². The number of cyclic esters (lactones) is 1. The Labute approximate surface area is 232 Å². The average Bonchev–Trinajstić information content (AvgIpc) is 3.45. The first-order valence-electron chi connectivity index (χ1n) is 13.4. The van der Waals surface area contributed by atoms with Gasteiger partial charge in [0.05, 0.1) is 19.6 Å². The van der Waals surface area contributed by atoms with Crippen molar-refractivity contribution >= 4 is 29.5 Å². The van der Waals surface area contributed by atoms with E-state index in [9.17, 15) is 29.1 Å². The third-order valence-corrected chi connectivity index (χ3v) is 8.85. The second-order valence-corrected chi connectivity index (χ2v) is 11.8. The molecule has 0 unspecified atom stereocenters. The van der Waals surface area contributed by atoms with Crippen molar-refractivity contribution in [1.29, 1.82) is 0 Å². The summed E-state index contributed by atoms with van der Waals surface area (Å²) < 4.78 is 21.3. The molecule has 0 aromatic carbocycles. The van der Waals surface area contributed by atoms with Crippen LogP contribution >= 0.6 is 0 Å². The summed E-state index contributed by atoms with van der Waals surface area (Å²) in [7, 11) is 1.27. The molecule has 10 heteroatoms. The number of aliphatic hydroxyl groups is 1. The molecule has 1 aromatic heterocycles. The Kier molecular flexibility index (Phi) is 7.70. The van der Waals surface area contributed by atoms with Gasteiger partial charge < -0.3 is 23.7 Å². The summed E-state index contributed by atoms with van der Waals surface area (Å²) in [6.07, 6.45) is 3.02. The van der Waals surface area contributed by atoms with E-state index in [1.54, 1.807) is 32.9 Å². The van der Waals surface area contributed by atoms with E-state index in [-0.39, 0.29) is 36.8 Å². The normalized spacial score (nSPS) is 32.3. The minimum Gasteiger partial charge on any atom is -0.472 e. The molecule has 6 atom stereocenters. The highest BCUT2D eigenvalue weighted by molar-refractivity contribution is 6.10. The number of allylic oxidation sites excluding steroid dienone is 1. The van der Waals surface area contributed by atoms with Gasteiger partial charge >= 0.3 is 17.9 Å². The van der Waals surface area contributed by atoms with E-state index in [0.29, 0.717) is 5.56 Å². The van der Waals surface area contributed by atoms with Crippen LogP contribution in [0.1, 0.15) is 72.0 Å². The van der Waals surface area contributed by atoms with Crippen molar-refractivity contribution in [3.63, 3.8) is 0 Å². The van der Waals surface area contributed by atoms with E-state index >= 15 is 0 Å². The fourth-order valence-corrected chi connectivity index (χ4v) is 6.41. The lowest BCUT2D eigenvalue weighted by molar-refractivity contribution is -0.177. The first-order chi connectivity index (χ1) is 18.7. The Hall–Kier alpha value is -3.53. The molecule has 2 aliphatic carbocycles. The number of Topliss-reactive ketones (excluding diaryl/α,β-unsaturated/α-hetero) is 2. The first-order valence-corrected chi connectivity index (χ1v) is 13.4. The molecule has 1 saturated carbocycles. The molecule has 0 radical (unpaired) electrons. The zero-order chi connectivity index (χ0) is 29.6. The van der Waals surface area contributed by atoms with Crippen molar-refractivity contribution in [1.82, 2.24) is 0 Å². The number of rotatable bonds is 7. The lowest BCUT2D eigenvalue weighted by Crippen LogP contribution is -2.60. The molecule has 10 nitrogen and oxygen atoms in total. The van der Waals surface area contributed by atoms with Crippen LogP contribution in [0.4, 0.5) is 0 Å². The van der Waals surface area contributed by atoms with E-state index in [0.717, 1.165) is 6.08 Å². The highest BCUT2D eigenvalue weighted by atomic mass is 16.6. The van der Waals surface area contributed by atoms with Crippen LogP contribution in [0.3, 0.4) is 0 Å². The Morgan fingerprint density at radius 1 is 1.15 bits per heavy atom.